The second-order valence-corrected chi connectivity index (χ2v) is 14.4. The summed E-state index contributed by atoms with van der Waals surface area (Å²) in [4.78, 5) is 25.0. The van der Waals surface area contributed by atoms with Crippen molar-refractivity contribution < 1.29 is 24.5 Å². The molecule has 0 heterocycles. The number of rotatable bonds is 7. The second-order valence-electron chi connectivity index (χ2n) is 14.4. The number of hydrogen-bond acceptors (Lipinski definition) is 5. The van der Waals surface area contributed by atoms with Gasteiger partial charge in [-0.25, -0.2) is 0 Å². The first-order valence-electron chi connectivity index (χ1n) is 15.8. The molecule has 1 amide bonds. The Morgan fingerprint density at radius 1 is 1.10 bits per heavy atom. The first kappa shape index (κ1) is 29.6. The molecule has 0 aromatic heterocycles. The number of ether oxygens (including phenoxy) is 1. The molecule has 1 aromatic carbocycles. The van der Waals surface area contributed by atoms with Crippen LogP contribution >= 0.6 is 0 Å². The van der Waals surface area contributed by atoms with Gasteiger partial charge >= 0.3 is 5.97 Å². The van der Waals surface area contributed by atoms with E-state index in [1.807, 2.05) is 18.2 Å². The molecule has 40 heavy (non-hydrogen) atoms. The summed E-state index contributed by atoms with van der Waals surface area (Å²) < 4.78 is 4.90. The Labute approximate surface area is 240 Å². The van der Waals surface area contributed by atoms with Gasteiger partial charge in [-0.1, -0.05) is 45.9 Å². The highest BCUT2D eigenvalue weighted by Crippen LogP contribution is 2.69. The van der Waals surface area contributed by atoms with Crippen LogP contribution in [0.15, 0.2) is 24.3 Å². The molecule has 0 radical (unpaired) electrons. The van der Waals surface area contributed by atoms with Gasteiger partial charge in [-0.15, -0.1) is 0 Å². The van der Waals surface area contributed by atoms with Crippen LogP contribution in [0.4, 0.5) is 0 Å². The molecule has 4 saturated carbocycles. The molecule has 4 fully saturated rings. The number of aliphatic hydroxyl groups is 2. The quantitative estimate of drug-likeness (QED) is 0.374. The van der Waals surface area contributed by atoms with Crippen LogP contribution in [-0.4, -0.2) is 41.3 Å². The lowest BCUT2D eigenvalue weighted by Crippen LogP contribution is -2.61. The molecule has 0 aliphatic heterocycles. The highest BCUT2D eigenvalue weighted by atomic mass is 16.5. The van der Waals surface area contributed by atoms with Crippen molar-refractivity contribution >= 4 is 11.9 Å². The zero-order chi connectivity index (χ0) is 28.8. The molecule has 4 aliphatic carbocycles. The van der Waals surface area contributed by atoms with Crippen molar-refractivity contribution in [2.45, 2.75) is 104 Å². The summed E-state index contributed by atoms with van der Waals surface area (Å²) in [7, 11) is 1.46. The minimum Gasteiger partial charge on any atom is -0.469 e. The Kier molecular flexibility index (Phi) is 8.42. The maximum atomic E-state index is 13.1. The van der Waals surface area contributed by atoms with Crippen LogP contribution in [0, 0.1) is 52.3 Å². The van der Waals surface area contributed by atoms with Crippen LogP contribution in [0.3, 0.4) is 0 Å². The highest BCUT2D eigenvalue weighted by molar-refractivity contribution is 5.95. The molecular formula is C34H51NO5. The van der Waals surface area contributed by atoms with Crippen molar-refractivity contribution in [1.29, 1.82) is 0 Å². The van der Waals surface area contributed by atoms with Crippen LogP contribution in [0.25, 0.3) is 0 Å². The molecule has 0 bridgehead atoms. The van der Waals surface area contributed by atoms with Crippen LogP contribution in [0.5, 0.6) is 0 Å². The largest absolute Gasteiger partial charge is 0.469 e. The summed E-state index contributed by atoms with van der Waals surface area (Å²) in [6.45, 7) is 9.44. The van der Waals surface area contributed by atoms with E-state index in [0.29, 0.717) is 59.0 Å². The predicted molar refractivity (Wildman–Crippen MR) is 155 cm³/mol. The van der Waals surface area contributed by atoms with E-state index in [2.05, 4.69) is 33.0 Å². The highest BCUT2D eigenvalue weighted by Gasteiger charge is 2.65. The van der Waals surface area contributed by atoms with Gasteiger partial charge in [-0.05, 0) is 115 Å². The van der Waals surface area contributed by atoms with Crippen LogP contribution < -0.4 is 5.32 Å². The number of carbonyl (C=O) groups is 2. The lowest BCUT2D eigenvalue weighted by Gasteiger charge is -2.64. The zero-order valence-electron chi connectivity index (χ0n) is 25.2. The number of amides is 1. The Morgan fingerprint density at radius 2 is 1.85 bits per heavy atom. The number of esters is 1. The van der Waals surface area contributed by atoms with E-state index in [0.717, 1.165) is 38.5 Å². The van der Waals surface area contributed by atoms with Crippen molar-refractivity contribution in [2.24, 2.45) is 52.3 Å². The standard InChI is InChI=1S/C34H51NO5/c1-20(10-13-30(38)40-5)26-11-12-27-31-21(2)16-23-17-24(35-32(39)25-9-7-6-8-22(25)19-36)14-15-33(23,3)28(31)18-29(37)34(26,27)4/h6-9,20-21,23-24,26-29,31,36-37H,10-19H2,1-5H3,(H,35,39)/t20?,21?,23?,24?,26-,27?,28?,29?,31?,33+,34-/m1/s1. The van der Waals surface area contributed by atoms with Gasteiger partial charge in [0.15, 0.2) is 0 Å². The minimum atomic E-state index is -0.318. The maximum Gasteiger partial charge on any atom is 0.305 e. The number of aliphatic hydroxyl groups excluding tert-OH is 2. The topological polar surface area (TPSA) is 95.9 Å². The number of fused-ring (bicyclic) bond motifs is 5. The number of nitrogens with one attached hydrogen (secondary N) is 1. The normalized spacial score (nSPS) is 41.3. The summed E-state index contributed by atoms with van der Waals surface area (Å²) in [5.74, 6) is 3.37. The Morgan fingerprint density at radius 3 is 2.58 bits per heavy atom. The van der Waals surface area contributed by atoms with Gasteiger partial charge in [0.1, 0.15) is 0 Å². The summed E-state index contributed by atoms with van der Waals surface area (Å²) in [6.07, 6.45) is 8.36. The van der Waals surface area contributed by atoms with Gasteiger partial charge in [0.25, 0.3) is 5.91 Å². The fourth-order valence-electron chi connectivity index (χ4n) is 10.5. The zero-order valence-corrected chi connectivity index (χ0v) is 25.2. The van der Waals surface area contributed by atoms with E-state index in [9.17, 15) is 19.8 Å². The van der Waals surface area contributed by atoms with E-state index >= 15 is 0 Å². The average Bonchev–Trinajstić information content (AvgIpc) is 3.31. The first-order valence-corrected chi connectivity index (χ1v) is 15.8. The van der Waals surface area contributed by atoms with E-state index < -0.39 is 0 Å². The molecule has 4 aliphatic rings. The molecule has 0 spiro atoms. The maximum absolute atomic E-state index is 13.1. The van der Waals surface area contributed by atoms with Crippen LogP contribution in [0.2, 0.25) is 0 Å². The fourth-order valence-corrected chi connectivity index (χ4v) is 10.5. The summed E-state index contributed by atoms with van der Waals surface area (Å²) in [5.41, 5.74) is 1.32. The number of benzene rings is 1. The minimum absolute atomic E-state index is 0.0813. The number of carbonyl (C=O) groups excluding carboxylic acids is 2. The molecular weight excluding hydrogens is 502 g/mol. The first-order chi connectivity index (χ1) is 19.0. The van der Waals surface area contributed by atoms with Gasteiger partial charge < -0.3 is 20.3 Å². The molecule has 5 rings (SSSR count). The van der Waals surface area contributed by atoms with Gasteiger partial charge in [0.05, 0.1) is 19.8 Å². The summed E-state index contributed by atoms with van der Waals surface area (Å²) >= 11 is 0. The van der Waals surface area contributed by atoms with E-state index in [-0.39, 0.29) is 41.5 Å². The van der Waals surface area contributed by atoms with Crippen LogP contribution in [0.1, 0.15) is 101 Å². The smallest absolute Gasteiger partial charge is 0.305 e. The van der Waals surface area contributed by atoms with Gasteiger partial charge in [-0.3, -0.25) is 9.59 Å². The van der Waals surface area contributed by atoms with Crippen molar-refractivity contribution in [2.75, 3.05) is 7.11 Å². The molecule has 11 atom stereocenters. The SMILES string of the molecule is COC(=O)CCC(C)[C@H]1CCC2C3C(C)CC4CC(NC(=O)c5ccccc5CO)CC[C@]4(C)C3CC(O)[C@@]21C. The fraction of sp³-hybridized carbons (Fsp3) is 0.765. The second kappa shape index (κ2) is 11.4. The molecule has 222 valence electrons. The summed E-state index contributed by atoms with van der Waals surface area (Å²) in [6, 6.07) is 7.46. The summed E-state index contributed by atoms with van der Waals surface area (Å²) in [5, 5.41) is 24.9. The van der Waals surface area contributed by atoms with Gasteiger partial charge in [0.2, 0.25) is 0 Å². The van der Waals surface area contributed by atoms with E-state index in [1.54, 1.807) is 6.07 Å². The predicted octanol–water partition coefficient (Wildman–Crippen LogP) is 5.74. The Bertz CT molecular complexity index is 1090. The third kappa shape index (κ3) is 4.91. The average molecular weight is 554 g/mol. The van der Waals surface area contributed by atoms with Crippen molar-refractivity contribution in [3.05, 3.63) is 35.4 Å². The Balaban J connectivity index is 1.30. The van der Waals surface area contributed by atoms with Crippen molar-refractivity contribution in [3.8, 4) is 0 Å². The monoisotopic (exact) mass is 553 g/mol. The van der Waals surface area contributed by atoms with Gasteiger partial charge in [-0.2, -0.15) is 0 Å². The third-order valence-corrected chi connectivity index (χ3v) is 12.7. The Hall–Kier alpha value is -1.92. The molecule has 6 nitrogen and oxygen atoms in total. The molecule has 1 aromatic rings. The number of hydrogen-bond donors (Lipinski definition) is 3. The van der Waals surface area contributed by atoms with E-state index in [1.165, 1.54) is 20.0 Å². The number of methoxy groups -OCH3 is 1. The molecule has 8 unspecified atom stereocenters. The molecule has 0 saturated heterocycles. The third-order valence-electron chi connectivity index (χ3n) is 12.7. The van der Waals surface area contributed by atoms with Crippen LogP contribution in [-0.2, 0) is 16.1 Å². The molecule has 3 N–H and O–H groups in total. The molecule has 6 heteroatoms. The van der Waals surface area contributed by atoms with Crippen molar-refractivity contribution in [3.63, 3.8) is 0 Å². The lowest BCUT2D eigenvalue weighted by atomic mass is 9.41. The van der Waals surface area contributed by atoms with Crippen molar-refractivity contribution in [1.82, 2.24) is 5.32 Å². The lowest BCUT2D eigenvalue weighted by molar-refractivity contribution is -0.185. The van der Waals surface area contributed by atoms with Gasteiger partial charge in [0, 0.05) is 18.0 Å². The van der Waals surface area contributed by atoms with E-state index in [4.69, 9.17) is 4.74 Å².